The first-order valence-electron chi connectivity index (χ1n) is 8.65. The highest BCUT2D eigenvalue weighted by molar-refractivity contribution is 5.75. The van der Waals surface area contributed by atoms with Crippen molar-refractivity contribution in [2.45, 2.75) is 18.1 Å². The maximum atomic E-state index is 14.2. The first-order chi connectivity index (χ1) is 12.7. The summed E-state index contributed by atoms with van der Waals surface area (Å²) in [6, 6.07) is 9.22. The number of pyridine rings is 1. The van der Waals surface area contributed by atoms with Gasteiger partial charge in [-0.3, -0.25) is 0 Å². The molecule has 2 N–H and O–H groups in total. The summed E-state index contributed by atoms with van der Waals surface area (Å²) in [7, 11) is 0. The molecule has 1 spiro atoms. The lowest BCUT2D eigenvalue weighted by molar-refractivity contribution is -0.0732. The van der Waals surface area contributed by atoms with Crippen LogP contribution >= 0.6 is 0 Å². The van der Waals surface area contributed by atoms with Gasteiger partial charge in [0, 0.05) is 29.8 Å². The van der Waals surface area contributed by atoms with Crippen molar-refractivity contribution in [3.05, 3.63) is 48.0 Å². The maximum absolute atomic E-state index is 14.2. The van der Waals surface area contributed by atoms with Gasteiger partial charge in [-0.05, 0) is 36.2 Å². The van der Waals surface area contributed by atoms with Gasteiger partial charge < -0.3 is 19.9 Å². The summed E-state index contributed by atoms with van der Waals surface area (Å²) in [5.41, 5.74) is 7.30. The van der Waals surface area contributed by atoms with Crippen molar-refractivity contribution in [3.8, 4) is 16.9 Å². The lowest BCUT2D eigenvalue weighted by Crippen LogP contribution is -2.52. The van der Waals surface area contributed by atoms with Crippen LogP contribution < -0.4 is 10.5 Å². The number of benzene rings is 1. The quantitative estimate of drug-likeness (QED) is 0.794. The Morgan fingerprint density at radius 2 is 2.19 bits per heavy atom. The first kappa shape index (κ1) is 15.6. The van der Waals surface area contributed by atoms with Gasteiger partial charge in [-0.2, -0.15) is 4.39 Å². The third-order valence-corrected chi connectivity index (χ3v) is 5.46. The van der Waals surface area contributed by atoms with Crippen LogP contribution in [-0.4, -0.2) is 36.9 Å². The highest BCUT2D eigenvalue weighted by Crippen LogP contribution is 2.51. The number of aliphatic imine (C=N–C) groups is 1. The Morgan fingerprint density at radius 3 is 3.00 bits per heavy atom. The molecule has 6 nitrogen and oxygen atoms in total. The van der Waals surface area contributed by atoms with Gasteiger partial charge in [0.15, 0.2) is 0 Å². The Balaban J connectivity index is 1.69. The Bertz CT molecular complexity index is 903. The van der Waals surface area contributed by atoms with Crippen LogP contribution in [0.2, 0.25) is 0 Å². The number of amidine groups is 1. The highest BCUT2D eigenvalue weighted by atomic mass is 19.1. The van der Waals surface area contributed by atoms with Crippen LogP contribution in [0.5, 0.6) is 5.75 Å². The van der Waals surface area contributed by atoms with E-state index < -0.39 is 11.5 Å². The largest absolute Gasteiger partial charge is 0.487 e. The zero-order chi connectivity index (χ0) is 17.7. The summed E-state index contributed by atoms with van der Waals surface area (Å²) in [5, 5.41) is 0. The molecule has 0 bridgehead atoms. The van der Waals surface area contributed by atoms with E-state index in [0.717, 1.165) is 17.5 Å². The molecule has 2 aromatic rings. The van der Waals surface area contributed by atoms with Crippen LogP contribution in [0.3, 0.4) is 0 Å². The van der Waals surface area contributed by atoms with E-state index in [1.807, 2.05) is 18.2 Å². The molecule has 3 aliphatic rings. The predicted octanol–water partition coefficient (Wildman–Crippen LogP) is 2.23. The summed E-state index contributed by atoms with van der Waals surface area (Å²) < 4.78 is 31.5. The van der Waals surface area contributed by atoms with Gasteiger partial charge >= 0.3 is 0 Å². The van der Waals surface area contributed by atoms with Gasteiger partial charge in [-0.25, -0.2) is 9.98 Å². The summed E-state index contributed by atoms with van der Waals surface area (Å²) >= 11 is 0. The van der Waals surface area contributed by atoms with E-state index in [2.05, 4.69) is 9.98 Å². The number of hydrogen-bond donors (Lipinski definition) is 1. The molecule has 7 heteroatoms. The Morgan fingerprint density at radius 1 is 1.27 bits per heavy atom. The van der Waals surface area contributed by atoms with E-state index >= 15 is 0 Å². The first-order valence-corrected chi connectivity index (χ1v) is 8.65. The van der Waals surface area contributed by atoms with Gasteiger partial charge in [0.25, 0.3) is 6.02 Å². The summed E-state index contributed by atoms with van der Waals surface area (Å²) in [6.07, 6.45) is 2.13. The minimum atomic E-state index is -0.624. The van der Waals surface area contributed by atoms with Crippen molar-refractivity contribution in [1.82, 2.24) is 4.98 Å². The number of nitrogens with zero attached hydrogens (tertiary/aromatic N) is 2. The maximum Gasteiger partial charge on any atom is 0.283 e. The van der Waals surface area contributed by atoms with E-state index in [0.29, 0.717) is 31.1 Å². The normalized spacial score (nSPS) is 29.3. The van der Waals surface area contributed by atoms with Crippen LogP contribution in [0.4, 0.5) is 4.39 Å². The number of rotatable bonds is 1. The standard InChI is InChI=1S/C19H18FN3O3/c20-17-12(2-1-6-22-17)11-3-4-15-14(8-11)19(10-25-18(21)23-19)13-5-7-24-9-16(13)26-15/h1-4,6,8,13,16H,5,7,9-10H2,(H2,21,23)/t13-,16-,19-/m1/s1. The van der Waals surface area contributed by atoms with Crippen molar-refractivity contribution in [2.24, 2.45) is 16.6 Å². The zero-order valence-corrected chi connectivity index (χ0v) is 14.0. The molecule has 1 fully saturated rings. The molecular formula is C19H18FN3O3. The average Bonchev–Trinajstić information content (AvgIpc) is 3.05. The van der Waals surface area contributed by atoms with E-state index in [4.69, 9.17) is 19.9 Å². The molecule has 26 heavy (non-hydrogen) atoms. The lowest BCUT2D eigenvalue weighted by Gasteiger charge is -2.45. The predicted molar refractivity (Wildman–Crippen MR) is 92.2 cm³/mol. The number of hydrogen-bond acceptors (Lipinski definition) is 6. The van der Waals surface area contributed by atoms with Crippen molar-refractivity contribution in [3.63, 3.8) is 0 Å². The van der Waals surface area contributed by atoms with E-state index in [1.54, 1.807) is 12.1 Å². The van der Waals surface area contributed by atoms with Crippen LogP contribution in [-0.2, 0) is 15.0 Å². The molecule has 3 aliphatic heterocycles. The van der Waals surface area contributed by atoms with E-state index in [9.17, 15) is 4.39 Å². The molecule has 3 atom stereocenters. The number of fused-ring (bicyclic) bond motifs is 4. The highest BCUT2D eigenvalue weighted by Gasteiger charge is 2.54. The van der Waals surface area contributed by atoms with E-state index in [1.165, 1.54) is 6.20 Å². The molecule has 0 amide bonds. The second-order valence-corrected chi connectivity index (χ2v) is 6.84. The fraction of sp³-hybridized carbons (Fsp3) is 0.368. The summed E-state index contributed by atoms with van der Waals surface area (Å²) in [6.45, 7) is 1.52. The van der Waals surface area contributed by atoms with Crippen molar-refractivity contribution < 1.29 is 18.6 Å². The average molecular weight is 355 g/mol. The van der Waals surface area contributed by atoms with Crippen molar-refractivity contribution in [1.29, 1.82) is 0 Å². The third-order valence-electron chi connectivity index (χ3n) is 5.46. The van der Waals surface area contributed by atoms with Gasteiger partial charge in [-0.1, -0.05) is 6.07 Å². The fourth-order valence-electron chi connectivity index (χ4n) is 4.25. The fourth-order valence-corrected chi connectivity index (χ4v) is 4.25. The van der Waals surface area contributed by atoms with Crippen LogP contribution in [0, 0.1) is 11.9 Å². The number of ether oxygens (including phenoxy) is 3. The zero-order valence-electron chi connectivity index (χ0n) is 14.0. The van der Waals surface area contributed by atoms with Crippen LogP contribution in [0.1, 0.15) is 12.0 Å². The lowest BCUT2D eigenvalue weighted by atomic mass is 9.71. The van der Waals surface area contributed by atoms with Gasteiger partial charge in [0.05, 0.1) is 6.61 Å². The summed E-state index contributed by atoms with van der Waals surface area (Å²) in [4.78, 5) is 8.44. The Labute approximate surface area is 149 Å². The molecule has 0 radical (unpaired) electrons. The molecule has 5 rings (SSSR count). The van der Waals surface area contributed by atoms with Crippen LogP contribution in [0.25, 0.3) is 11.1 Å². The molecule has 134 valence electrons. The molecule has 0 saturated carbocycles. The summed E-state index contributed by atoms with van der Waals surface area (Å²) in [5.74, 6) is 0.304. The third kappa shape index (κ3) is 2.20. The second kappa shape index (κ2) is 5.67. The Kier molecular flexibility index (Phi) is 3.40. The smallest absolute Gasteiger partial charge is 0.283 e. The van der Waals surface area contributed by atoms with Crippen LogP contribution in [0.15, 0.2) is 41.5 Å². The topological polar surface area (TPSA) is 79.0 Å². The molecular weight excluding hydrogens is 337 g/mol. The van der Waals surface area contributed by atoms with Crippen molar-refractivity contribution >= 4 is 6.02 Å². The minimum Gasteiger partial charge on any atom is -0.487 e. The molecule has 0 unspecified atom stereocenters. The van der Waals surface area contributed by atoms with Crippen molar-refractivity contribution in [2.75, 3.05) is 19.8 Å². The minimum absolute atomic E-state index is 0.0961. The molecule has 1 aromatic heterocycles. The molecule has 4 heterocycles. The van der Waals surface area contributed by atoms with E-state index in [-0.39, 0.29) is 18.0 Å². The number of nitrogens with two attached hydrogens (primary N) is 1. The number of halogens is 1. The number of aromatic nitrogens is 1. The van der Waals surface area contributed by atoms with Gasteiger partial charge in [0.1, 0.15) is 24.0 Å². The molecule has 1 aromatic carbocycles. The monoisotopic (exact) mass is 355 g/mol. The Hall–Kier alpha value is -2.67. The molecule has 1 saturated heterocycles. The SMILES string of the molecule is NC1=N[C@@]2(CO1)c1cc(-c3cccnc3F)ccc1O[C@@H]1COCC[C@H]12. The van der Waals surface area contributed by atoms with Gasteiger partial charge in [-0.15, -0.1) is 0 Å². The van der Waals surface area contributed by atoms with Gasteiger partial charge in [0.2, 0.25) is 5.95 Å². The molecule has 0 aliphatic carbocycles. The second-order valence-electron chi connectivity index (χ2n) is 6.84.